The topological polar surface area (TPSA) is 114 Å². The third-order valence-corrected chi connectivity index (χ3v) is 6.76. The number of aromatic nitrogens is 1. The van der Waals surface area contributed by atoms with Crippen molar-refractivity contribution in [2.75, 3.05) is 5.32 Å². The van der Waals surface area contributed by atoms with Gasteiger partial charge in [0.15, 0.2) is 0 Å². The van der Waals surface area contributed by atoms with Gasteiger partial charge in [0.25, 0.3) is 5.91 Å². The van der Waals surface area contributed by atoms with Gasteiger partial charge in [-0.1, -0.05) is 12.1 Å². The predicted molar refractivity (Wildman–Crippen MR) is 141 cm³/mol. The van der Waals surface area contributed by atoms with Crippen molar-refractivity contribution >= 4 is 23.4 Å². The molecule has 1 aliphatic heterocycles. The fourth-order valence-corrected chi connectivity index (χ4v) is 4.94. The van der Waals surface area contributed by atoms with E-state index >= 15 is 0 Å². The Hall–Kier alpha value is -5.06. The van der Waals surface area contributed by atoms with E-state index in [1.165, 1.54) is 36.5 Å². The largest absolute Gasteiger partial charge is 0.366 e. The van der Waals surface area contributed by atoms with Crippen molar-refractivity contribution in [2.24, 2.45) is 5.73 Å². The summed E-state index contributed by atoms with van der Waals surface area (Å²) in [5, 5.41) is 5.40. The van der Waals surface area contributed by atoms with Crippen LogP contribution in [0.5, 0.6) is 0 Å². The van der Waals surface area contributed by atoms with E-state index in [9.17, 15) is 31.9 Å². The van der Waals surface area contributed by atoms with Crippen molar-refractivity contribution in [3.05, 3.63) is 119 Å². The zero-order valence-electron chi connectivity index (χ0n) is 21.3. The van der Waals surface area contributed by atoms with E-state index in [-0.39, 0.29) is 29.7 Å². The molecule has 2 atom stereocenters. The Morgan fingerprint density at radius 1 is 0.951 bits per heavy atom. The molecular formula is C30H22F4N4O3. The quantitative estimate of drug-likeness (QED) is 0.264. The van der Waals surface area contributed by atoms with E-state index in [2.05, 4.69) is 15.6 Å². The monoisotopic (exact) mass is 562 g/mol. The van der Waals surface area contributed by atoms with Gasteiger partial charge in [-0.25, -0.2) is 17.6 Å². The molecule has 4 aromatic rings. The molecule has 7 nitrogen and oxygen atoms in total. The van der Waals surface area contributed by atoms with Crippen LogP contribution in [0, 0.1) is 23.3 Å². The van der Waals surface area contributed by atoms with Crippen molar-refractivity contribution in [1.82, 2.24) is 10.3 Å². The fourth-order valence-electron chi connectivity index (χ4n) is 4.94. The molecule has 4 N–H and O–H groups in total. The number of halogens is 4. The van der Waals surface area contributed by atoms with Crippen LogP contribution < -0.4 is 16.4 Å². The van der Waals surface area contributed by atoms with Crippen LogP contribution in [0.1, 0.15) is 45.6 Å². The minimum absolute atomic E-state index is 0.115. The lowest BCUT2D eigenvalue weighted by Crippen LogP contribution is -2.33. The summed E-state index contributed by atoms with van der Waals surface area (Å²) in [6.45, 7) is 0. The SMILES string of the molecule is NC(=O)c1cc(-c2cccnc2[C@H](Cc2cc(F)cc(F)c2)NC(=O)CC2C(=O)Nc3ccc(F)cc32)ccc1F. The Morgan fingerprint density at radius 2 is 1.71 bits per heavy atom. The lowest BCUT2D eigenvalue weighted by Gasteiger charge is -2.22. The maximum atomic E-state index is 14.2. The highest BCUT2D eigenvalue weighted by Gasteiger charge is 2.33. The third kappa shape index (κ3) is 5.93. The minimum atomic E-state index is -0.988. The summed E-state index contributed by atoms with van der Waals surface area (Å²) >= 11 is 0. The summed E-state index contributed by atoms with van der Waals surface area (Å²) in [7, 11) is 0. The summed E-state index contributed by atoms with van der Waals surface area (Å²) in [6, 6.07) is 12.6. The van der Waals surface area contributed by atoms with Gasteiger partial charge in [-0.2, -0.15) is 0 Å². The van der Waals surface area contributed by atoms with E-state index in [0.717, 1.165) is 18.2 Å². The van der Waals surface area contributed by atoms with Crippen LogP contribution in [0.15, 0.2) is 72.9 Å². The molecule has 208 valence electrons. The Balaban J connectivity index is 1.51. The number of nitrogens with two attached hydrogens (primary N) is 1. The van der Waals surface area contributed by atoms with Crippen LogP contribution in [-0.4, -0.2) is 22.7 Å². The molecule has 41 heavy (non-hydrogen) atoms. The lowest BCUT2D eigenvalue weighted by atomic mass is 9.93. The highest BCUT2D eigenvalue weighted by molar-refractivity contribution is 6.05. The Labute approximate surface area is 231 Å². The summed E-state index contributed by atoms with van der Waals surface area (Å²) in [6.07, 6.45) is 0.976. The van der Waals surface area contributed by atoms with Gasteiger partial charge in [0.2, 0.25) is 11.8 Å². The summed E-state index contributed by atoms with van der Waals surface area (Å²) < 4.78 is 56.1. The summed E-state index contributed by atoms with van der Waals surface area (Å²) in [4.78, 5) is 42.0. The first-order valence-electron chi connectivity index (χ1n) is 12.5. The van der Waals surface area contributed by atoms with Crippen LogP contribution in [0.2, 0.25) is 0 Å². The molecule has 0 aliphatic carbocycles. The molecule has 11 heteroatoms. The van der Waals surface area contributed by atoms with E-state index in [1.807, 2.05) is 0 Å². The Kier molecular flexibility index (Phi) is 7.52. The Bertz CT molecular complexity index is 1670. The molecule has 0 bridgehead atoms. The molecule has 5 rings (SSSR count). The number of amides is 3. The number of nitrogens with one attached hydrogen (secondary N) is 2. The maximum Gasteiger partial charge on any atom is 0.251 e. The molecule has 1 unspecified atom stereocenters. The number of carbonyl (C=O) groups excluding carboxylic acids is 3. The van der Waals surface area contributed by atoms with E-state index in [4.69, 9.17) is 5.73 Å². The molecule has 1 aliphatic rings. The number of nitrogens with zero attached hydrogens (tertiary/aromatic N) is 1. The number of hydrogen-bond donors (Lipinski definition) is 3. The highest BCUT2D eigenvalue weighted by Crippen LogP contribution is 2.36. The van der Waals surface area contributed by atoms with Crippen molar-refractivity contribution in [3.8, 4) is 11.1 Å². The number of benzene rings is 3. The second-order valence-corrected chi connectivity index (χ2v) is 9.57. The predicted octanol–water partition coefficient (Wildman–Crippen LogP) is 4.93. The maximum absolute atomic E-state index is 14.2. The minimum Gasteiger partial charge on any atom is -0.366 e. The van der Waals surface area contributed by atoms with E-state index < -0.39 is 53.0 Å². The van der Waals surface area contributed by atoms with Gasteiger partial charge >= 0.3 is 0 Å². The van der Waals surface area contributed by atoms with Gasteiger partial charge in [-0.15, -0.1) is 0 Å². The van der Waals surface area contributed by atoms with Gasteiger partial charge in [-0.3, -0.25) is 19.4 Å². The second kappa shape index (κ2) is 11.2. The number of primary amides is 1. The molecule has 1 aromatic heterocycles. The first-order valence-corrected chi connectivity index (χ1v) is 12.5. The van der Waals surface area contributed by atoms with Gasteiger partial charge in [-0.05, 0) is 71.6 Å². The van der Waals surface area contributed by atoms with Crippen molar-refractivity contribution in [1.29, 1.82) is 0 Å². The van der Waals surface area contributed by atoms with Crippen LogP contribution in [-0.2, 0) is 16.0 Å². The second-order valence-electron chi connectivity index (χ2n) is 9.57. The first-order chi connectivity index (χ1) is 19.6. The molecule has 0 saturated carbocycles. The zero-order valence-corrected chi connectivity index (χ0v) is 21.3. The highest BCUT2D eigenvalue weighted by atomic mass is 19.1. The van der Waals surface area contributed by atoms with E-state index in [0.29, 0.717) is 28.4 Å². The lowest BCUT2D eigenvalue weighted by molar-refractivity contribution is -0.125. The van der Waals surface area contributed by atoms with Crippen LogP contribution in [0.25, 0.3) is 11.1 Å². The molecule has 0 radical (unpaired) electrons. The standard InChI is InChI=1S/C30H22F4N4O3/c31-17-4-6-25-21(13-17)22(30(41)38-25)14-27(39)37-26(10-15-8-18(32)12-19(33)9-15)28-20(2-1-7-36-28)16-3-5-24(34)23(11-16)29(35)40/h1-9,11-13,22,26H,10,14H2,(H2,35,40)(H,37,39)(H,38,41)/t22?,26-/m0/s1. The first kappa shape index (κ1) is 27.5. The Morgan fingerprint density at radius 3 is 2.44 bits per heavy atom. The number of pyridine rings is 1. The average Bonchev–Trinajstić information content (AvgIpc) is 3.21. The molecule has 2 heterocycles. The molecule has 0 saturated heterocycles. The van der Waals surface area contributed by atoms with Crippen molar-refractivity contribution in [3.63, 3.8) is 0 Å². The number of hydrogen-bond acceptors (Lipinski definition) is 4. The fraction of sp³-hybridized carbons (Fsp3) is 0.133. The van der Waals surface area contributed by atoms with Gasteiger partial charge in [0.05, 0.1) is 23.2 Å². The van der Waals surface area contributed by atoms with Gasteiger partial charge < -0.3 is 16.4 Å². The van der Waals surface area contributed by atoms with E-state index in [1.54, 1.807) is 12.1 Å². The van der Waals surface area contributed by atoms with Gasteiger partial charge in [0.1, 0.15) is 23.3 Å². The average molecular weight is 563 g/mol. The summed E-state index contributed by atoms with van der Waals surface area (Å²) in [5.74, 6) is -6.07. The van der Waals surface area contributed by atoms with Crippen LogP contribution >= 0.6 is 0 Å². The normalized spacial score (nSPS) is 14.7. The molecule has 3 aromatic carbocycles. The van der Waals surface area contributed by atoms with Gasteiger partial charge in [0, 0.05) is 29.9 Å². The number of fused-ring (bicyclic) bond motifs is 1. The number of rotatable bonds is 8. The number of carbonyl (C=O) groups is 3. The van der Waals surface area contributed by atoms with Crippen molar-refractivity contribution in [2.45, 2.75) is 24.8 Å². The zero-order chi connectivity index (χ0) is 29.3. The smallest absolute Gasteiger partial charge is 0.251 e. The molecule has 0 spiro atoms. The van der Waals surface area contributed by atoms with Crippen molar-refractivity contribution < 1.29 is 31.9 Å². The summed E-state index contributed by atoms with van der Waals surface area (Å²) in [5.41, 5.74) is 6.87. The van der Waals surface area contributed by atoms with Crippen LogP contribution in [0.3, 0.4) is 0 Å². The number of anilines is 1. The molecular weight excluding hydrogens is 540 g/mol. The van der Waals surface area contributed by atoms with Crippen LogP contribution in [0.4, 0.5) is 23.2 Å². The third-order valence-electron chi connectivity index (χ3n) is 6.76. The molecule has 3 amide bonds. The molecule has 0 fully saturated rings.